The molecule has 0 saturated carbocycles. The van der Waals surface area contributed by atoms with Crippen molar-refractivity contribution in [1.82, 2.24) is 5.32 Å². The van der Waals surface area contributed by atoms with Crippen LogP contribution >= 0.6 is 0 Å². The molecule has 8 heteroatoms. The Labute approximate surface area is 122 Å². The molecule has 116 valence electrons. The van der Waals surface area contributed by atoms with Crippen molar-refractivity contribution < 1.29 is 28.6 Å². The number of carbonyl (C=O) groups excluding carboxylic acids is 3. The van der Waals surface area contributed by atoms with Crippen LogP contribution in [0, 0.1) is 0 Å². The molecule has 0 rings (SSSR count). The molecule has 0 saturated heterocycles. The van der Waals surface area contributed by atoms with Gasteiger partial charge in [-0.1, -0.05) is 12.7 Å². The van der Waals surface area contributed by atoms with Crippen LogP contribution in [-0.4, -0.2) is 47.1 Å². The van der Waals surface area contributed by atoms with E-state index in [9.17, 15) is 14.4 Å². The van der Waals surface area contributed by atoms with Crippen molar-refractivity contribution in [3.8, 4) is 0 Å². The zero-order chi connectivity index (χ0) is 16.5. The summed E-state index contributed by atoms with van der Waals surface area (Å²) in [5, 5.41) is 2.34. The van der Waals surface area contributed by atoms with Crippen LogP contribution in [0.5, 0.6) is 0 Å². The maximum atomic E-state index is 11.6. The van der Waals surface area contributed by atoms with Crippen molar-refractivity contribution >= 4 is 23.6 Å². The lowest BCUT2D eigenvalue weighted by atomic mass is 10.2. The Morgan fingerprint density at radius 1 is 1.33 bits per heavy atom. The standard InChI is InChI=1S/C13H19N3O5/c1-5-8-20-11(18)10(16-14)9(17)6-7-15-12(19)21-13(2,3)4/h5H,1,6-8H2,2-4H3,(H,15,19). The van der Waals surface area contributed by atoms with Crippen molar-refractivity contribution in [2.75, 3.05) is 13.2 Å². The largest absolute Gasteiger partial charge is 0.453 e. The molecule has 0 atom stereocenters. The molecule has 8 nitrogen and oxygen atoms in total. The van der Waals surface area contributed by atoms with Gasteiger partial charge in [-0.05, 0) is 20.8 Å². The average Bonchev–Trinajstić information content (AvgIpc) is 2.34. The second-order valence-corrected chi connectivity index (χ2v) is 4.94. The van der Waals surface area contributed by atoms with E-state index in [2.05, 4.69) is 21.4 Å². The Morgan fingerprint density at radius 2 is 1.95 bits per heavy atom. The molecule has 0 aromatic heterocycles. The second kappa shape index (κ2) is 8.65. The molecule has 1 N–H and O–H groups in total. The third-order valence-electron chi connectivity index (χ3n) is 1.91. The number of alkyl carbamates (subject to hydrolysis) is 1. The van der Waals surface area contributed by atoms with Crippen LogP contribution in [0.1, 0.15) is 27.2 Å². The molecule has 0 aromatic carbocycles. The van der Waals surface area contributed by atoms with Gasteiger partial charge in [-0.25, -0.2) is 9.59 Å². The molecule has 1 amide bonds. The van der Waals surface area contributed by atoms with Gasteiger partial charge >= 0.3 is 17.8 Å². The van der Waals surface area contributed by atoms with E-state index in [4.69, 9.17) is 10.3 Å². The van der Waals surface area contributed by atoms with E-state index in [1.807, 2.05) is 0 Å². The predicted molar refractivity (Wildman–Crippen MR) is 73.6 cm³/mol. The van der Waals surface area contributed by atoms with E-state index in [-0.39, 0.29) is 19.6 Å². The van der Waals surface area contributed by atoms with Crippen molar-refractivity contribution in [1.29, 1.82) is 0 Å². The van der Waals surface area contributed by atoms with Gasteiger partial charge in [-0.2, -0.15) is 4.79 Å². The van der Waals surface area contributed by atoms with Gasteiger partial charge in [0, 0.05) is 13.0 Å². The van der Waals surface area contributed by atoms with Crippen LogP contribution in [-0.2, 0) is 19.1 Å². The highest BCUT2D eigenvalue weighted by atomic mass is 16.6. The highest BCUT2D eigenvalue weighted by molar-refractivity contribution is 6.62. The smallest absolute Gasteiger partial charge is 0.441 e. The number of nitrogens with one attached hydrogen (secondary N) is 1. The summed E-state index contributed by atoms with van der Waals surface area (Å²) in [6, 6.07) is 0. The Balaban J connectivity index is 4.30. The van der Waals surface area contributed by atoms with Crippen molar-refractivity contribution in [3.05, 3.63) is 18.2 Å². The van der Waals surface area contributed by atoms with E-state index in [1.54, 1.807) is 20.8 Å². The number of esters is 1. The van der Waals surface area contributed by atoms with Gasteiger partial charge in [-0.3, -0.25) is 4.79 Å². The quantitative estimate of drug-likeness (QED) is 0.187. The lowest BCUT2D eigenvalue weighted by Crippen LogP contribution is -2.35. The van der Waals surface area contributed by atoms with E-state index < -0.39 is 29.2 Å². The number of rotatable bonds is 7. The second-order valence-electron chi connectivity index (χ2n) is 4.94. The normalized spacial score (nSPS) is 10.0. The summed E-state index contributed by atoms with van der Waals surface area (Å²) in [4.78, 5) is 36.9. The van der Waals surface area contributed by atoms with Gasteiger partial charge in [0.15, 0.2) is 0 Å². The minimum atomic E-state index is -1.06. The average molecular weight is 297 g/mol. The minimum absolute atomic E-state index is 0.0680. The van der Waals surface area contributed by atoms with E-state index >= 15 is 0 Å². The van der Waals surface area contributed by atoms with Crippen LogP contribution in [0.3, 0.4) is 0 Å². The first-order valence-corrected chi connectivity index (χ1v) is 6.21. The van der Waals surface area contributed by atoms with Crippen LogP contribution < -0.4 is 5.32 Å². The summed E-state index contributed by atoms with van der Waals surface area (Å²) in [5.74, 6) is -1.82. The topological polar surface area (TPSA) is 118 Å². The Bertz CT molecular complexity index is 473. The Morgan fingerprint density at radius 3 is 2.43 bits per heavy atom. The van der Waals surface area contributed by atoms with Gasteiger partial charge in [-0.15, -0.1) is 0 Å². The van der Waals surface area contributed by atoms with Gasteiger partial charge < -0.3 is 20.3 Å². The lowest BCUT2D eigenvalue weighted by molar-refractivity contribution is -0.141. The third kappa shape index (κ3) is 8.33. The molecule has 0 aromatic rings. The first-order chi connectivity index (χ1) is 9.71. The molecular formula is C13H19N3O5. The van der Waals surface area contributed by atoms with Gasteiger partial charge in [0.25, 0.3) is 5.78 Å². The van der Waals surface area contributed by atoms with Crippen molar-refractivity contribution in [3.63, 3.8) is 0 Å². The first kappa shape index (κ1) is 18.5. The molecule has 0 unspecified atom stereocenters. The minimum Gasteiger partial charge on any atom is -0.453 e. The monoisotopic (exact) mass is 297 g/mol. The lowest BCUT2D eigenvalue weighted by Gasteiger charge is -2.19. The zero-order valence-electron chi connectivity index (χ0n) is 12.3. The first-order valence-electron chi connectivity index (χ1n) is 6.21. The molecule has 0 aliphatic rings. The summed E-state index contributed by atoms with van der Waals surface area (Å²) < 4.78 is 9.54. The van der Waals surface area contributed by atoms with E-state index in [0.717, 1.165) is 0 Å². The molecule has 21 heavy (non-hydrogen) atoms. The number of ketones is 1. The molecule has 0 radical (unpaired) electrons. The molecule has 0 aliphatic heterocycles. The highest BCUT2D eigenvalue weighted by Gasteiger charge is 2.30. The molecular weight excluding hydrogens is 278 g/mol. The van der Waals surface area contributed by atoms with Gasteiger partial charge in [0.05, 0.1) is 0 Å². The van der Waals surface area contributed by atoms with Gasteiger partial charge in [0.1, 0.15) is 12.2 Å². The molecule has 0 bridgehead atoms. The van der Waals surface area contributed by atoms with Crippen LogP contribution in [0.25, 0.3) is 5.53 Å². The maximum Gasteiger partial charge on any atom is 0.441 e. The number of amides is 1. The zero-order valence-corrected chi connectivity index (χ0v) is 12.3. The summed E-state index contributed by atoms with van der Waals surface area (Å²) in [7, 11) is 0. The number of nitrogens with zero attached hydrogens (tertiary/aromatic N) is 2. The Hall–Kier alpha value is -2.47. The fourth-order valence-electron chi connectivity index (χ4n) is 1.12. The third-order valence-corrected chi connectivity index (χ3v) is 1.91. The fourth-order valence-corrected chi connectivity index (χ4v) is 1.12. The van der Waals surface area contributed by atoms with Crippen LogP contribution in [0.15, 0.2) is 12.7 Å². The number of ether oxygens (including phenoxy) is 2. The number of carbonyl (C=O) groups is 3. The summed E-state index contributed by atoms with van der Waals surface area (Å²) in [5.41, 5.74) is 7.27. The summed E-state index contributed by atoms with van der Waals surface area (Å²) in [6.45, 7) is 8.25. The highest BCUT2D eigenvalue weighted by Crippen LogP contribution is 2.06. The molecule has 0 spiro atoms. The summed E-state index contributed by atoms with van der Waals surface area (Å²) >= 11 is 0. The van der Waals surface area contributed by atoms with E-state index in [1.165, 1.54) is 6.08 Å². The van der Waals surface area contributed by atoms with Crippen molar-refractivity contribution in [2.45, 2.75) is 32.8 Å². The molecule has 0 heterocycles. The van der Waals surface area contributed by atoms with Gasteiger partial charge in [0.2, 0.25) is 0 Å². The SMILES string of the molecule is C=CCOC(=O)C(=[N+]=[N-])C(=O)CCNC(=O)OC(C)(C)C. The maximum absolute atomic E-state index is 11.6. The van der Waals surface area contributed by atoms with Crippen LogP contribution in [0.4, 0.5) is 4.79 Å². The number of Topliss-reactive ketones (excluding diaryl/α,β-unsaturated/α-hetero) is 1. The van der Waals surface area contributed by atoms with Crippen molar-refractivity contribution in [2.24, 2.45) is 0 Å². The van der Waals surface area contributed by atoms with E-state index in [0.29, 0.717) is 0 Å². The fraction of sp³-hybridized carbons (Fsp3) is 0.538. The summed E-state index contributed by atoms with van der Waals surface area (Å²) in [6.07, 6.45) is 0.385. The predicted octanol–water partition coefficient (Wildman–Crippen LogP) is 0.870. The molecule has 0 aliphatic carbocycles. The Kier molecular flexibility index (Phi) is 7.63. The molecule has 0 fully saturated rings. The number of hydrogen-bond acceptors (Lipinski definition) is 5. The van der Waals surface area contributed by atoms with Crippen LogP contribution in [0.2, 0.25) is 0 Å². The number of hydrogen-bond donors (Lipinski definition) is 1.